The number of hydrogen-bond donors (Lipinski definition) is 0. The van der Waals surface area contributed by atoms with Crippen LogP contribution in [0.2, 0.25) is 0 Å². The van der Waals surface area contributed by atoms with E-state index >= 15 is 0 Å². The molecule has 0 saturated heterocycles. The summed E-state index contributed by atoms with van der Waals surface area (Å²) in [7, 11) is 0. The summed E-state index contributed by atoms with van der Waals surface area (Å²) in [6.07, 6.45) is 3.37. The van der Waals surface area contributed by atoms with Crippen LogP contribution in [0.15, 0.2) is 97.3 Å². The molecule has 0 aliphatic heterocycles. The highest BCUT2D eigenvalue weighted by Gasteiger charge is 2.18. The lowest BCUT2D eigenvalue weighted by atomic mass is 9.85. The molecule has 2 heterocycles. The molecular formula is C30H16N4. The van der Waals surface area contributed by atoms with Crippen molar-refractivity contribution < 1.29 is 0 Å². The molecule has 4 nitrogen and oxygen atoms in total. The zero-order chi connectivity index (χ0) is 23.1. The summed E-state index contributed by atoms with van der Waals surface area (Å²) in [6, 6.07) is 32.9. The highest BCUT2D eigenvalue weighted by Crippen LogP contribution is 2.44. The smallest absolute Gasteiger partial charge is 0.141 e. The van der Waals surface area contributed by atoms with Crippen LogP contribution >= 0.6 is 0 Å². The van der Waals surface area contributed by atoms with Crippen molar-refractivity contribution in [3.63, 3.8) is 0 Å². The first kappa shape index (κ1) is 19.6. The molecule has 0 radical (unpaired) electrons. The maximum absolute atomic E-state index is 9.47. The van der Waals surface area contributed by atoms with Crippen molar-refractivity contribution in [3.8, 4) is 34.4 Å². The molecule has 0 atom stereocenters. The predicted molar refractivity (Wildman–Crippen MR) is 135 cm³/mol. The van der Waals surface area contributed by atoms with E-state index in [9.17, 15) is 10.5 Å². The Morgan fingerprint density at radius 3 is 1.38 bits per heavy atom. The van der Waals surface area contributed by atoms with E-state index in [1.54, 1.807) is 12.4 Å². The third-order valence-corrected chi connectivity index (χ3v) is 6.22. The largest absolute Gasteiger partial charge is 0.246 e. The summed E-state index contributed by atoms with van der Waals surface area (Å²) >= 11 is 0. The van der Waals surface area contributed by atoms with Gasteiger partial charge < -0.3 is 0 Å². The lowest BCUT2D eigenvalue weighted by Crippen LogP contribution is -1.93. The fraction of sp³-hybridized carbons (Fsp3) is 0. The molecule has 6 rings (SSSR count). The molecule has 0 fully saturated rings. The number of benzene rings is 4. The summed E-state index contributed by atoms with van der Waals surface area (Å²) in [5, 5.41) is 25.5. The van der Waals surface area contributed by atoms with E-state index in [2.05, 4.69) is 58.5 Å². The van der Waals surface area contributed by atoms with Crippen LogP contribution in [0.25, 0.3) is 54.6 Å². The quantitative estimate of drug-likeness (QED) is 0.276. The van der Waals surface area contributed by atoms with Gasteiger partial charge >= 0.3 is 0 Å². The average molecular weight is 432 g/mol. The number of nitriles is 2. The fourth-order valence-corrected chi connectivity index (χ4v) is 4.78. The topological polar surface area (TPSA) is 73.4 Å². The Balaban J connectivity index is 1.86. The van der Waals surface area contributed by atoms with E-state index < -0.39 is 0 Å². The number of rotatable bonds is 2. The Morgan fingerprint density at radius 2 is 0.941 bits per heavy atom. The lowest BCUT2D eigenvalue weighted by molar-refractivity contribution is 1.27. The Hall–Kier alpha value is -5.06. The van der Waals surface area contributed by atoms with E-state index in [0.29, 0.717) is 11.4 Å². The Kier molecular flexibility index (Phi) is 4.51. The van der Waals surface area contributed by atoms with Crippen LogP contribution in [0.5, 0.6) is 0 Å². The van der Waals surface area contributed by atoms with Crippen molar-refractivity contribution in [2.24, 2.45) is 0 Å². The van der Waals surface area contributed by atoms with Gasteiger partial charge in [-0.25, -0.2) is 9.97 Å². The number of hydrogen-bond acceptors (Lipinski definition) is 4. The minimum Gasteiger partial charge on any atom is -0.246 e. The molecule has 0 N–H and O–H groups in total. The predicted octanol–water partition coefficient (Wildman–Crippen LogP) is 7.01. The molecule has 0 bridgehead atoms. The lowest BCUT2D eigenvalue weighted by Gasteiger charge is -2.18. The van der Waals surface area contributed by atoms with Crippen LogP contribution in [0.1, 0.15) is 11.4 Å². The van der Waals surface area contributed by atoms with Gasteiger partial charge in [0.05, 0.1) is 0 Å². The van der Waals surface area contributed by atoms with Crippen molar-refractivity contribution in [3.05, 3.63) is 109 Å². The average Bonchev–Trinajstić information content (AvgIpc) is 2.90. The van der Waals surface area contributed by atoms with Crippen molar-refractivity contribution in [1.82, 2.24) is 9.97 Å². The molecule has 0 amide bonds. The molecule has 0 aliphatic rings. The molecule has 4 aromatic carbocycles. The van der Waals surface area contributed by atoms with Gasteiger partial charge in [0.15, 0.2) is 0 Å². The molecule has 6 aromatic rings. The first-order chi connectivity index (χ1) is 16.8. The Morgan fingerprint density at radius 1 is 0.500 bits per heavy atom. The maximum atomic E-state index is 9.47. The number of aromatic nitrogens is 2. The minimum absolute atomic E-state index is 0.382. The van der Waals surface area contributed by atoms with Crippen LogP contribution in [0.4, 0.5) is 0 Å². The van der Waals surface area contributed by atoms with Gasteiger partial charge in [0.2, 0.25) is 0 Å². The molecule has 0 unspecified atom stereocenters. The van der Waals surface area contributed by atoms with Crippen LogP contribution in [-0.2, 0) is 0 Å². The second-order valence-corrected chi connectivity index (χ2v) is 8.12. The van der Waals surface area contributed by atoms with Gasteiger partial charge in [-0.05, 0) is 91.0 Å². The van der Waals surface area contributed by atoms with E-state index in [-0.39, 0.29) is 0 Å². The third-order valence-electron chi connectivity index (χ3n) is 6.22. The van der Waals surface area contributed by atoms with Crippen molar-refractivity contribution in [1.29, 1.82) is 10.5 Å². The van der Waals surface area contributed by atoms with Gasteiger partial charge in [0.25, 0.3) is 0 Å². The molecule has 156 valence electrons. The van der Waals surface area contributed by atoms with Crippen LogP contribution in [0, 0.1) is 22.7 Å². The molecule has 34 heavy (non-hydrogen) atoms. The summed E-state index contributed by atoms with van der Waals surface area (Å²) in [5.41, 5.74) is 4.78. The third kappa shape index (κ3) is 3.06. The summed E-state index contributed by atoms with van der Waals surface area (Å²) in [6.45, 7) is 0. The second kappa shape index (κ2) is 7.81. The van der Waals surface area contributed by atoms with E-state index in [0.717, 1.165) is 54.6 Å². The molecule has 4 heteroatoms. The normalized spacial score (nSPS) is 10.9. The van der Waals surface area contributed by atoms with Crippen molar-refractivity contribution in [2.75, 3.05) is 0 Å². The Bertz CT molecular complexity index is 1700. The van der Waals surface area contributed by atoms with Gasteiger partial charge in [-0.15, -0.1) is 0 Å². The second-order valence-electron chi connectivity index (χ2n) is 8.12. The molecular weight excluding hydrogens is 416 g/mol. The van der Waals surface area contributed by atoms with E-state index in [4.69, 9.17) is 0 Å². The van der Waals surface area contributed by atoms with Crippen molar-refractivity contribution in [2.45, 2.75) is 0 Å². The highest BCUT2D eigenvalue weighted by molar-refractivity contribution is 6.23. The van der Waals surface area contributed by atoms with Crippen LogP contribution in [-0.4, -0.2) is 9.97 Å². The molecule has 0 saturated carbocycles. The van der Waals surface area contributed by atoms with E-state index in [1.807, 2.05) is 48.5 Å². The van der Waals surface area contributed by atoms with Gasteiger partial charge in [-0.1, -0.05) is 48.5 Å². The van der Waals surface area contributed by atoms with Gasteiger partial charge in [0, 0.05) is 12.4 Å². The molecule has 0 spiro atoms. The van der Waals surface area contributed by atoms with Gasteiger partial charge in [0.1, 0.15) is 23.5 Å². The number of pyridine rings is 2. The summed E-state index contributed by atoms with van der Waals surface area (Å²) in [4.78, 5) is 8.36. The maximum Gasteiger partial charge on any atom is 0.141 e. The standard InChI is InChI=1S/C30H16N4/c31-17-23-13-21(9-11-33-23)29-25-7-3-4-8-26(25)30(22-10-12-34-24(14-22)18-32)28-16-20-6-2-1-5-19(20)15-27(28)29/h1-16H. The van der Waals surface area contributed by atoms with Crippen LogP contribution < -0.4 is 0 Å². The fourth-order valence-electron chi connectivity index (χ4n) is 4.78. The number of nitrogens with zero attached hydrogens (tertiary/aromatic N) is 4. The molecule has 2 aromatic heterocycles. The summed E-state index contributed by atoms with van der Waals surface area (Å²) in [5.74, 6) is 0. The van der Waals surface area contributed by atoms with Gasteiger partial charge in [-0.2, -0.15) is 10.5 Å². The monoisotopic (exact) mass is 432 g/mol. The minimum atomic E-state index is 0.382. The Labute approximate surface area is 196 Å². The van der Waals surface area contributed by atoms with Crippen LogP contribution in [0.3, 0.4) is 0 Å². The number of fused-ring (bicyclic) bond motifs is 3. The molecule has 0 aliphatic carbocycles. The van der Waals surface area contributed by atoms with E-state index in [1.165, 1.54) is 0 Å². The zero-order valence-electron chi connectivity index (χ0n) is 18.0. The zero-order valence-corrected chi connectivity index (χ0v) is 18.0. The first-order valence-corrected chi connectivity index (χ1v) is 10.9. The van der Waals surface area contributed by atoms with Crippen molar-refractivity contribution >= 4 is 32.3 Å². The SMILES string of the molecule is N#Cc1cc(-c2c3ccccc3c(-c3ccnc(C#N)c3)c3cc4ccccc4cc23)ccn1. The first-order valence-electron chi connectivity index (χ1n) is 10.9. The highest BCUT2D eigenvalue weighted by atomic mass is 14.7. The van der Waals surface area contributed by atoms with Gasteiger partial charge in [-0.3, -0.25) is 0 Å². The summed E-state index contributed by atoms with van der Waals surface area (Å²) < 4.78 is 0.